The smallest absolute Gasteiger partial charge is 0.246 e. The standard InChI is InChI=1S/C15H20N2O2/c1-11-6-5-7-13(8-11)16-10-15(3,4)17(12(2)18)9-14(16)19/h5-8H,9-10H2,1-4H3. The first kappa shape index (κ1) is 13.6. The minimum atomic E-state index is -0.344. The zero-order valence-electron chi connectivity index (χ0n) is 11.9. The topological polar surface area (TPSA) is 40.6 Å². The molecule has 0 N–H and O–H groups in total. The summed E-state index contributed by atoms with van der Waals surface area (Å²) in [5.74, 6) is -0.0811. The molecule has 0 aliphatic carbocycles. The van der Waals surface area contributed by atoms with Crippen LogP contribution >= 0.6 is 0 Å². The van der Waals surface area contributed by atoms with Gasteiger partial charge in [-0.2, -0.15) is 0 Å². The number of hydrogen-bond acceptors (Lipinski definition) is 2. The molecule has 0 bridgehead atoms. The van der Waals surface area contributed by atoms with Crippen molar-refractivity contribution in [3.05, 3.63) is 29.8 Å². The fraction of sp³-hybridized carbons (Fsp3) is 0.467. The molecule has 2 rings (SSSR count). The summed E-state index contributed by atoms with van der Waals surface area (Å²) in [7, 11) is 0. The molecule has 1 aliphatic rings. The number of amides is 2. The molecule has 102 valence electrons. The molecule has 0 unspecified atom stereocenters. The second-order valence-electron chi connectivity index (χ2n) is 5.74. The van der Waals surface area contributed by atoms with Gasteiger partial charge < -0.3 is 9.80 Å². The number of benzene rings is 1. The molecule has 1 aromatic rings. The molecule has 19 heavy (non-hydrogen) atoms. The summed E-state index contributed by atoms with van der Waals surface area (Å²) < 4.78 is 0. The summed E-state index contributed by atoms with van der Waals surface area (Å²) in [5.41, 5.74) is 1.68. The highest BCUT2D eigenvalue weighted by atomic mass is 16.2. The molecule has 1 heterocycles. The highest BCUT2D eigenvalue weighted by molar-refractivity contribution is 5.98. The Morgan fingerprint density at radius 3 is 2.58 bits per heavy atom. The lowest BCUT2D eigenvalue weighted by Gasteiger charge is -2.46. The van der Waals surface area contributed by atoms with E-state index in [-0.39, 0.29) is 23.9 Å². The van der Waals surface area contributed by atoms with Crippen molar-refractivity contribution in [3.8, 4) is 0 Å². The third kappa shape index (κ3) is 2.62. The predicted molar refractivity (Wildman–Crippen MR) is 75.0 cm³/mol. The molecule has 4 nitrogen and oxygen atoms in total. The minimum Gasteiger partial charge on any atom is -0.327 e. The van der Waals surface area contributed by atoms with Gasteiger partial charge in [-0.15, -0.1) is 0 Å². The van der Waals surface area contributed by atoms with Gasteiger partial charge in [0.15, 0.2) is 0 Å². The highest BCUT2D eigenvalue weighted by Crippen LogP contribution is 2.26. The van der Waals surface area contributed by atoms with Crippen molar-refractivity contribution >= 4 is 17.5 Å². The van der Waals surface area contributed by atoms with Gasteiger partial charge in [-0.25, -0.2) is 0 Å². The quantitative estimate of drug-likeness (QED) is 0.774. The Balaban J connectivity index is 2.31. The van der Waals surface area contributed by atoms with Crippen molar-refractivity contribution in [1.29, 1.82) is 0 Å². The Kier molecular flexibility index (Phi) is 3.35. The van der Waals surface area contributed by atoms with Crippen molar-refractivity contribution in [2.24, 2.45) is 0 Å². The lowest BCUT2D eigenvalue weighted by Crippen LogP contribution is -2.63. The van der Waals surface area contributed by atoms with Gasteiger partial charge in [-0.3, -0.25) is 9.59 Å². The van der Waals surface area contributed by atoms with Crippen molar-refractivity contribution in [2.75, 3.05) is 18.0 Å². The van der Waals surface area contributed by atoms with Gasteiger partial charge in [0.2, 0.25) is 11.8 Å². The zero-order valence-corrected chi connectivity index (χ0v) is 11.9. The normalized spacial score (nSPS) is 18.6. The van der Waals surface area contributed by atoms with Crippen molar-refractivity contribution in [3.63, 3.8) is 0 Å². The fourth-order valence-electron chi connectivity index (χ4n) is 2.56. The Hall–Kier alpha value is -1.84. The van der Waals surface area contributed by atoms with Crippen LogP contribution in [-0.2, 0) is 9.59 Å². The van der Waals surface area contributed by atoms with E-state index in [1.807, 2.05) is 45.0 Å². The molecule has 1 aliphatic heterocycles. The van der Waals surface area contributed by atoms with E-state index < -0.39 is 0 Å². The van der Waals surface area contributed by atoms with Crippen LogP contribution in [0.15, 0.2) is 24.3 Å². The summed E-state index contributed by atoms with van der Waals surface area (Å²) in [5, 5.41) is 0. The molecule has 0 aromatic heterocycles. The van der Waals surface area contributed by atoms with Crippen LogP contribution in [0.1, 0.15) is 26.3 Å². The summed E-state index contributed by atoms with van der Waals surface area (Å²) in [6.07, 6.45) is 0. The van der Waals surface area contributed by atoms with E-state index in [2.05, 4.69) is 0 Å². The van der Waals surface area contributed by atoms with Crippen LogP contribution < -0.4 is 4.90 Å². The second kappa shape index (κ2) is 4.68. The maximum absolute atomic E-state index is 12.2. The number of nitrogens with zero attached hydrogens (tertiary/aromatic N) is 2. The average Bonchev–Trinajstić information content (AvgIpc) is 2.31. The van der Waals surface area contributed by atoms with E-state index in [1.54, 1.807) is 9.80 Å². The van der Waals surface area contributed by atoms with Gasteiger partial charge >= 0.3 is 0 Å². The summed E-state index contributed by atoms with van der Waals surface area (Å²) in [6.45, 7) is 8.17. The van der Waals surface area contributed by atoms with Crippen molar-refractivity contribution in [1.82, 2.24) is 4.90 Å². The molecule has 2 amide bonds. The van der Waals surface area contributed by atoms with E-state index in [9.17, 15) is 9.59 Å². The zero-order chi connectivity index (χ0) is 14.2. The molecular weight excluding hydrogens is 240 g/mol. The van der Waals surface area contributed by atoms with Crippen molar-refractivity contribution < 1.29 is 9.59 Å². The SMILES string of the molecule is CC(=O)N1CC(=O)N(c2cccc(C)c2)CC1(C)C. The van der Waals surface area contributed by atoms with E-state index in [4.69, 9.17) is 0 Å². The lowest BCUT2D eigenvalue weighted by atomic mass is 9.97. The summed E-state index contributed by atoms with van der Waals surface area (Å²) >= 11 is 0. The first-order valence-electron chi connectivity index (χ1n) is 6.46. The van der Waals surface area contributed by atoms with Crippen LogP contribution in [0.25, 0.3) is 0 Å². The maximum atomic E-state index is 12.2. The maximum Gasteiger partial charge on any atom is 0.246 e. The predicted octanol–water partition coefficient (Wildman–Crippen LogP) is 1.97. The number of hydrogen-bond donors (Lipinski definition) is 0. The number of rotatable bonds is 1. The first-order valence-corrected chi connectivity index (χ1v) is 6.46. The Labute approximate surface area is 114 Å². The molecule has 0 atom stereocenters. The molecule has 4 heteroatoms. The van der Waals surface area contributed by atoms with Gasteiger partial charge in [0.1, 0.15) is 6.54 Å². The number of anilines is 1. The third-order valence-corrected chi connectivity index (χ3v) is 3.56. The largest absolute Gasteiger partial charge is 0.327 e. The highest BCUT2D eigenvalue weighted by Gasteiger charge is 2.39. The van der Waals surface area contributed by atoms with Crippen LogP contribution in [0.2, 0.25) is 0 Å². The van der Waals surface area contributed by atoms with Crippen LogP contribution in [-0.4, -0.2) is 35.3 Å². The van der Waals surface area contributed by atoms with Crippen LogP contribution in [0.4, 0.5) is 5.69 Å². The molecule has 0 spiro atoms. The lowest BCUT2D eigenvalue weighted by molar-refractivity contribution is -0.141. The Morgan fingerprint density at radius 2 is 2.00 bits per heavy atom. The van der Waals surface area contributed by atoms with Gasteiger partial charge in [0.05, 0.1) is 5.54 Å². The minimum absolute atomic E-state index is 0.0277. The average molecular weight is 260 g/mol. The summed E-state index contributed by atoms with van der Waals surface area (Å²) in [6, 6.07) is 7.88. The molecule has 1 aromatic carbocycles. The number of aryl methyl sites for hydroxylation is 1. The van der Waals surface area contributed by atoms with Crippen LogP contribution in [0.3, 0.4) is 0 Å². The fourth-order valence-corrected chi connectivity index (χ4v) is 2.56. The molecule has 0 radical (unpaired) electrons. The van der Waals surface area contributed by atoms with Crippen molar-refractivity contribution in [2.45, 2.75) is 33.2 Å². The van der Waals surface area contributed by atoms with E-state index in [0.29, 0.717) is 6.54 Å². The number of carbonyl (C=O) groups excluding carboxylic acids is 2. The molecule has 1 saturated heterocycles. The summed E-state index contributed by atoms with van der Waals surface area (Å²) in [4.78, 5) is 27.3. The number of carbonyl (C=O) groups is 2. The van der Waals surface area contributed by atoms with Crippen LogP contribution in [0.5, 0.6) is 0 Å². The monoisotopic (exact) mass is 260 g/mol. The Morgan fingerprint density at radius 1 is 1.32 bits per heavy atom. The molecule has 0 saturated carbocycles. The van der Waals surface area contributed by atoms with E-state index in [1.165, 1.54) is 6.92 Å². The third-order valence-electron chi connectivity index (χ3n) is 3.56. The Bertz CT molecular complexity index is 523. The van der Waals surface area contributed by atoms with Gasteiger partial charge in [0.25, 0.3) is 0 Å². The van der Waals surface area contributed by atoms with E-state index in [0.717, 1.165) is 11.3 Å². The molecular formula is C15H20N2O2. The molecule has 1 fully saturated rings. The van der Waals surface area contributed by atoms with E-state index >= 15 is 0 Å². The van der Waals surface area contributed by atoms with Crippen LogP contribution in [0, 0.1) is 6.92 Å². The number of piperazine rings is 1. The second-order valence-corrected chi connectivity index (χ2v) is 5.74. The van der Waals surface area contributed by atoms with Gasteiger partial charge in [-0.05, 0) is 38.5 Å². The van der Waals surface area contributed by atoms with Gasteiger partial charge in [0, 0.05) is 19.2 Å². The first-order chi connectivity index (χ1) is 8.81. The van der Waals surface area contributed by atoms with Gasteiger partial charge in [-0.1, -0.05) is 12.1 Å².